The lowest BCUT2D eigenvalue weighted by Crippen LogP contribution is -2.11. The molecule has 8 heteroatoms. The quantitative estimate of drug-likeness (QED) is 0.236. The third-order valence-corrected chi connectivity index (χ3v) is 5.98. The molecular weight excluding hydrogens is 442 g/mol. The van der Waals surface area contributed by atoms with Crippen molar-refractivity contribution < 1.29 is 14.3 Å². The van der Waals surface area contributed by atoms with Gasteiger partial charge in [-0.3, -0.25) is 0 Å². The monoisotopic (exact) mass is 465 g/mol. The number of carbonyl (C=O) groups is 1. The Morgan fingerprint density at radius 1 is 1.06 bits per heavy atom. The average Bonchev–Trinajstić information content (AvgIpc) is 3.14. The van der Waals surface area contributed by atoms with E-state index in [4.69, 9.17) is 9.47 Å². The van der Waals surface area contributed by atoms with Gasteiger partial charge in [0.1, 0.15) is 17.6 Å². The van der Waals surface area contributed by atoms with Crippen LogP contribution in [0.15, 0.2) is 54.6 Å². The van der Waals surface area contributed by atoms with Crippen molar-refractivity contribution in [1.29, 1.82) is 5.26 Å². The van der Waals surface area contributed by atoms with Crippen LogP contribution in [-0.2, 0) is 13.0 Å². The number of hydrogen-bond donors (Lipinski definition) is 0. The number of para-hydroxylation sites is 1. The molecule has 0 aliphatic carbocycles. The summed E-state index contributed by atoms with van der Waals surface area (Å²) < 4.78 is 13.1. The zero-order chi connectivity index (χ0) is 24.2. The molecule has 5 rings (SSSR count). The first-order chi connectivity index (χ1) is 17.2. The maximum absolute atomic E-state index is 12.7. The van der Waals surface area contributed by atoms with E-state index < -0.39 is 5.97 Å². The fourth-order valence-electron chi connectivity index (χ4n) is 4.19. The summed E-state index contributed by atoms with van der Waals surface area (Å²) in [6, 6.07) is 18.4. The molecule has 2 aromatic heterocycles. The third kappa shape index (κ3) is 4.62. The minimum atomic E-state index is -0.582. The van der Waals surface area contributed by atoms with Gasteiger partial charge in [-0.15, -0.1) is 10.2 Å². The molecule has 1 aliphatic rings. The van der Waals surface area contributed by atoms with E-state index in [0.717, 1.165) is 43.4 Å². The van der Waals surface area contributed by atoms with Crippen molar-refractivity contribution >= 4 is 28.5 Å². The van der Waals surface area contributed by atoms with Crippen LogP contribution in [0.3, 0.4) is 0 Å². The van der Waals surface area contributed by atoms with Crippen molar-refractivity contribution in [2.45, 2.75) is 32.2 Å². The number of aromatic nitrogens is 4. The summed E-state index contributed by atoms with van der Waals surface area (Å²) in [4.78, 5) is 17.1. The zero-order valence-corrected chi connectivity index (χ0v) is 19.3. The Kier molecular flexibility index (Phi) is 6.22. The lowest BCUT2D eigenvalue weighted by Gasteiger charge is -2.10. The van der Waals surface area contributed by atoms with E-state index in [-0.39, 0.29) is 11.4 Å². The van der Waals surface area contributed by atoms with Gasteiger partial charge in [-0.25, -0.2) is 9.78 Å². The summed E-state index contributed by atoms with van der Waals surface area (Å²) in [5.74, 6) is 1.54. The molecule has 0 saturated heterocycles. The minimum Gasteiger partial charge on any atom is -0.493 e. The topological polar surface area (TPSA) is 103 Å². The van der Waals surface area contributed by atoms with Crippen LogP contribution in [0.4, 0.5) is 0 Å². The Bertz CT molecular complexity index is 1480. The van der Waals surface area contributed by atoms with Gasteiger partial charge in [0.15, 0.2) is 17.3 Å². The lowest BCUT2D eigenvalue weighted by molar-refractivity contribution is 0.0724. The first kappa shape index (κ1) is 22.3. The second kappa shape index (κ2) is 9.77. The fourth-order valence-corrected chi connectivity index (χ4v) is 4.19. The molecule has 0 N–H and O–H groups in total. The van der Waals surface area contributed by atoms with Crippen LogP contribution in [0.5, 0.6) is 11.5 Å². The summed E-state index contributed by atoms with van der Waals surface area (Å²) in [7, 11) is 1.50. The smallest absolute Gasteiger partial charge is 0.362 e. The molecule has 0 spiro atoms. The molecule has 0 amide bonds. The van der Waals surface area contributed by atoms with Crippen molar-refractivity contribution in [2.24, 2.45) is 0 Å². The van der Waals surface area contributed by atoms with Crippen LogP contribution in [0.25, 0.3) is 22.6 Å². The number of rotatable bonds is 5. The van der Waals surface area contributed by atoms with Gasteiger partial charge < -0.3 is 14.0 Å². The Morgan fingerprint density at radius 3 is 2.80 bits per heavy atom. The SMILES string of the molecule is COc1cc(C=C(C#N)c2nnc3n2CCCCC3)ccc1OC(=O)c1ccc2ccccc2n1. The number of hydrogen-bond acceptors (Lipinski definition) is 7. The van der Waals surface area contributed by atoms with Gasteiger partial charge >= 0.3 is 5.97 Å². The number of nitriles is 1. The average molecular weight is 466 g/mol. The lowest BCUT2D eigenvalue weighted by atomic mass is 10.1. The summed E-state index contributed by atoms with van der Waals surface area (Å²) in [5, 5.41) is 19.3. The minimum absolute atomic E-state index is 0.203. The molecule has 174 valence electrons. The third-order valence-electron chi connectivity index (χ3n) is 5.98. The normalized spacial score (nSPS) is 13.5. The van der Waals surface area contributed by atoms with Crippen molar-refractivity contribution in [2.75, 3.05) is 7.11 Å². The summed E-state index contributed by atoms with van der Waals surface area (Å²) >= 11 is 0. The van der Waals surface area contributed by atoms with E-state index in [1.54, 1.807) is 30.3 Å². The Hall–Kier alpha value is -4.51. The Morgan fingerprint density at radius 2 is 1.94 bits per heavy atom. The van der Waals surface area contributed by atoms with Gasteiger partial charge in [0.25, 0.3) is 0 Å². The second-order valence-electron chi connectivity index (χ2n) is 8.26. The molecule has 2 aromatic carbocycles. The zero-order valence-electron chi connectivity index (χ0n) is 19.3. The van der Waals surface area contributed by atoms with Crippen LogP contribution in [0, 0.1) is 11.3 Å². The van der Waals surface area contributed by atoms with E-state index in [1.807, 2.05) is 34.9 Å². The molecule has 1 aliphatic heterocycles. The molecule has 4 aromatic rings. The highest BCUT2D eigenvalue weighted by molar-refractivity contribution is 5.93. The molecule has 0 unspecified atom stereocenters. The predicted octanol–water partition coefficient (Wildman–Crippen LogP) is 4.84. The number of nitrogens with zero attached hydrogens (tertiary/aromatic N) is 5. The van der Waals surface area contributed by atoms with Crippen LogP contribution in [0.1, 0.15) is 47.0 Å². The van der Waals surface area contributed by atoms with Crippen LogP contribution in [-0.4, -0.2) is 32.8 Å². The van der Waals surface area contributed by atoms with Crippen LogP contribution >= 0.6 is 0 Å². The number of benzene rings is 2. The van der Waals surface area contributed by atoms with Crippen molar-refractivity contribution in [3.63, 3.8) is 0 Å². The molecule has 0 fully saturated rings. The standard InChI is InChI=1S/C27H23N5O3/c1-34-24-16-18(15-20(17-28)26-31-30-25-9-3-2-6-14-32(25)26)10-13-23(24)35-27(33)22-12-11-19-7-4-5-8-21(19)29-22/h4-5,7-8,10-13,15-16H,2-3,6,9,14H2,1H3. The number of carbonyl (C=O) groups excluding carboxylic acids is 1. The van der Waals surface area contributed by atoms with Crippen LogP contribution < -0.4 is 9.47 Å². The van der Waals surface area contributed by atoms with Gasteiger partial charge in [-0.2, -0.15) is 5.26 Å². The van der Waals surface area contributed by atoms with E-state index in [1.165, 1.54) is 7.11 Å². The maximum atomic E-state index is 12.7. The number of pyridine rings is 1. The van der Waals surface area contributed by atoms with Crippen molar-refractivity contribution in [3.05, 3.63) is 77.5 Å². The van der Waals surface area contributed by atoms with E-state index in [2.05, 4.69) is 21.3 Å². The Balaban J connectivity index is 1.40. The first-order valence-electron chi connectivity index (χ1n) is 11.5. The van der Waals surface area contributed by atoms with Gasteiger partial charge in [0.05, 0.1) is 18.2 Å². The predicted molar refractivity (Wildman–Crippen MR) is 131 cm³/mol. The highest BCUT2D eigenvalue weighted by Crippen LogP contribution is 2.31. The van der Waals surface area contributed by atoms with Gasteiger partial charge in [-0.05, 0) is 48.7 Å². The molecule has 0 saturated carbocycles. The molecule has 35 heavy (non-hydrogen) atoms. The van der Waals surface area contributed by atoms with Gasteiger partial charge in [-0.1, -0.05) is 36.8 Å². The Labute approximate surface area is 202 Å². The number of esters is 1. The molecule has 0 bridgehead atoms. The summed E-state index contributed by atoms with van der Waals surface area (Å²) in [6.45, 7) is 0.803. The summed E-state index contributed by atoms with van der Waals surface area (Å²) in [5.41, 5.74) is 2.05. The van der Waals surface area contributed by atoms with Gasteiger partial charge in [0.2, 0.25) is 0 Å². The number of allylic oxidation sites excluding steroid dienone is 1. The highest BCUT2D eigenvalue weighted by atomic mass is 16.6. The molecule has 3 heterocycles. The molecule has 8 nitrogen and oxygen atoms in total. The summed E-state index contributed by atoms with van der Waals surface area (Å²) in [6.07, 6.45) is 5.86. The fraction of sp³-hybridized carbons (Fsp3) is 0.222. The largest absolute Gasteiger partial charge is 0.493 e. The number of ether oxygens (including phenoxy) is 2. The number of fused-ring (bicyclic) bond motifs is 2. The second-order valence-corrected chi connectivity index (χ2v) is 8.26. The van der Waals surface area contributed by atoms with E-state index in [0.29, 0.717) is 28.2 Å². The van der Waals surface area contributed by atoms with Crippen molar-refractivity contribution in [1.82, 2.24) is 19.7 Å². The first-order valence-corrected chi connectivity index (χ1v) is 11.5. The van der Waals surface area contributed by atoms with E-state index in [9.17, 15) is 10.1 Å². The number of methoxy groups -OCH3 is 1. The molecular formula is C27H23N5O3. The highest BCUT2D eigenvalue weighted by Gasteiger charge is 2.19. The molecule has 0 atom stereocenters. The van der Waals surface area contributed by atoms with E-state index >= 15 is 0 Å². The van der Waals surface area contributed by atoms with Crippen LogP contribution in [0.2, 0.25) is 0 Å². The number of aryl methyl sites for hydroxylation is 1. The molecule has 0 radical (unpaired) electrons. The maximum Gasteiger partial charge on any atom is 0.362 e. The van der Waals surface area contributed by atoms with Crippen molar-refractivity contribution in [3.8, 4) is 17.6 Å². The van der Waals surface area contributed by atoms with Gasteiger partial charge in [0, 0.05) is 18.4 Å².